The summed E-state index contributed by atoms with van der Waals surface area (Å²) in [6.45, 7) is 0. The van der Waals surface area contributed by atoms with Crippen LogP contribution in [-0.2, 0) is 0 Å². The second kappa shape index (κ2) is 16.3. The fourth-order valence-corrected chi connectivity index (χ4v) is 11.6. The van der Waals surface area contributed by atoms with Gasteiger partial charge in [0.1, 0.15) is 0 Å². The Morgan fingerprint density at radius 3 is 0.729 bits per heavy atom. The fourth-order valence-electron chi connectivity index (χ4n) is 11.6. The second-order valence-corrected chi connectivity index (χ2v) is 18.7. The minimum Gasteiger partial charge on any atom is -0.0622 e. The van der Waals surface area contributed by atoms with Crippen LogP contribution in [0, 0.1) is 0 Å². The zero-order valence-electron chi connectivity index (χ0n) is 38.4. The van der Waals surface area contributed by atoms with Gasteiger partial charge in [-0.05, 0) is 166 Å². The van der Waals surface area contributed by atoms with E-state index in [1.807, 2.05) is 0 Å². The molecule has 324 valence electrons. The summed E-state index contributed by atoms with van der Waals surface area (Å²) >= 11 is 0. The van der Waals surface area contributed by atoms with Crippen molar-refractivity contribution < 1.29 is 0 Å². The summed E-state index contributed by atoms with van der Waals surface area (Å²) in [5.41, 5.74) is 14.9. The summed E-state index contributed by atoms with van der Waals surface area (Å²) in [6.07, 6.45) is 0. The van der Waals surface area contributed by atoms with Gasteiger partial charge in [0.05, 0.1) is 0 Å². The third-order valence-corrected chi connectivity index (χ3v) is 14.8. The van der Waals surface area contributed by atoms with Gasteiger partial charge in [0.2, 0.25) is 0 Å². The van der Waals surface area contributed by atoms with E-state index in [2.05, 4.69) is 267 Å². The number of rotatable bonds is 6. The van der Waals surface area contributed by atoms with E-state index in [9.17, 15) is 0 Å². The molecule has 0 N–H and O–H groups in total. The van der Waals surface area contributed by atoms with E-state index in [4.69, 9.17) is 0 Å². The van der Waals surface area contributed by atoms with Gasteiger partial charge in [-0.2, -0.15) is 0 Å². The Morgan fingerprint density at radius 2 is 0.400 bits per heavy atom. The highest BCUT2D eigenvalue weighted by atomic mass is 14.2. The molecule has 14 aromatic rings. The van der Waals surface area contributed by atoms with Crippen molar-refractivity contribution in [1.82, 2.24) is 0 Å². The molecule has 0 aliphatic heterocycles. The Bertz CT molecular complexity index is 3990. The third kappa shape index (κ3) is 6.45. The van der Waals surface area contributed by atoms with Crippen LogP contribution in [-0.4, -0.2) is 0 Å². The quantitative estimate of drug-likeness (QED) is 0.146. The van der Waals surface area contributed by atoms with Crippen LogP contribution in [0.2, 0.25) is 0 Å². The number of benzene rings is 14. The predicted octanol–water partition coefficient (Wildman–Crippen LogP) is 19.8. The van der Waals surface area contributed by atoms with Crippen LogP contribution in [0.25, 0.3) is 142 Å². The monoisotopic (exact) mass is 884 g/mol. The third-order valence-electron chi connectivity index (χ3n) is 14.8. The van der Waals surface area contributed by atoms with Gasteiger partial charge in [0.15, 0.2) is 0 Å². The Morgan fingerprint density at radius 1 is 0.143 bits per heavy atom. The molecule has 0 spiro atoms. The van der Waals surface area contributed by atoms with E-state index in [-0.39, 0.29) is 0 Å². The summed E-state index contributed by atoms with van der Waals surface area (Å²) in [6, 6.07) is 99.0. The molecule has 0 nitrogen and oxygen atoms in total. The molecule has 0 atom stereocenters. The van der Waals surface area contributed by atoms with Crippen molar-refractivity contribution in [3.8, 4) is 66.8 Å². The number of hydrogen-bond acceptors (Lipinski definition) is 0. The van der Waals surface area contributed by atoms with Gasteiger partial charge in [0, 0.05) is 0 Å². The molecule has 0 saturated carbocycles. The zero-order valence-corrected chi connectivity index (χ0v) is 38.4. The molecular weight excluding hydrogens is 841 g/mol. The summed E-state index contributed by atoms with van der Waals surface area (Å²) < 4.78 is 0. The average Bonchev–Trinajstić information content (AvgIpc) is 3.43. The second-order valence-electron chi connectivity index (χ2n) is 18.7. The van der Waals surface area contributed by atoms with E-state index in [1.54, 1.807) is 0 Å². The minimum atomic E-state index is 1.22. The van der Waals surface area contributed by atoms with Crippen molar-refractivity contribution in [3.63, 3.8) is 0 Å². The molecule has 0 fully saturated rings. The minimum absolute atomic E-state index is 1.22. The van der Waals surface area contributed by atoms with Gasteiger partial charge < -0.3 is 0 Å². The van der Waals surface area contributed by atoms with E-state index < -0.39 is 0 Å². The summed E-state index contributed by atoms with van der Waals surface area (Å²) in [5, 5.41) is 17.4. The zero-order chi connectivity index (χ0) is 46.1. The highest BCUT2D eigenvalue weighted by molar-refractivity contribution is 6.27. The molecule has 70 heavy (non-hydrogen) atoms. The summed E-state index contributed by atoms with van der Waals surface area (Å²) in [5.74, 6) is 0. The van der Waals surface area contributed by atoms with Gasteiger partial charge in [0.25, 0.3) is 0 Å². The van der Waals surface area contributed by atoms with Gasteiger partial charge in [-0.25, -0.2) is 0 Å². The molecule has 14 aromatic carbocycles. The lowest BCUT2D eigenvalue weighted by Crippen LogP contribution is -1.93. The van der Waals surface area contributed by atoms with Crippen molar-refractivity contribution in [1.29, 1.82) is 0 Å². The van der Waals surface area contributed by atoms with E-state index >= 15 is 0 Å². The molecule has 0 saturated heterocycles. The summed E-state index contributed by atoms with van der Waals surface area (Å²) in [4.78, 5) is 0. The Hall–Kier alpha value is -9.10. The SMILES string of the molecule is c1ccc(-c2ccc3cc(-c4c5ccccc5c(-c5cccc6c(-c7c8ccccc8c(-c8ccc9cc(-c%10ccccc%10)ccc9c8)c8ccccc78)cccc56)c5ccccc45)ccc3c2)cc1. The molecule has 0 heteroatoms. The van der Waals surface area contributed by atoms with Crippen molar-refractivity contribution in [2.45, 2.75) is 0 Å². The maximum atomic E-state index is 2.38. The van der Waals surface area contributed by atoms with Crippen LogP contribution >= 0.6 is 0 Å². The normalized spacial score (nSPS) is 11.7. The molecule has 0 radical (unpaired) electrons. The number of hydrogen-bond donors (Lipinski definition) is 0. The maximum absolute atomic E-state index is 2.38. The average molecular weight is 885 g/mol. The lowest BCUT2D eigenvalue weighted by atomic mass is 9.82. The van der Waals surface area contributed by atoms with Crippen LogP contribution in [0.5, 0.6) is 0 Å². The van der Waals surface area contributed by atoms with Crippen LogP contribution < -0.4 is 0 Å². The van der Waals surface area contributed by atoms with Crippen LogP contribution in [0.15, 0.2) is 267 Å². The molecule has 0 amide bonds. The Labute approximate surface area is 407 Å². The first-order chi connectivity index (χ1) is 34.7. The first kappa shape index (κ1) is 40.0. The van der Waals surface area contributed by atoms with Crippen LogP contribution in [0.1, 0.15) is 0 Å². The van der Waals surface area contributed by atoms with E-state index in [0.29, 0.717) is 0 Å². The Balaban J connectivity index is 0.947. The highest BCUT2D eigenvalue weighted by Gasteiger charge is 2.22. The van der Waals surface area contributed by atoms with Gasteiger partial charge in [-0.3, -0.25) is 0 Å². The first-order valence-electron chi connectivity index (χ1n) is 24.3. The van der Waals surface area contributed by atoms with Crippen molar-refractivity contribution in [2.24, 2.45) is 0 Å². The largest absolute Gasteiger partial charge is 0.0622 e. The summed E-state index contributed by atoms with van der Waals surface area (Å²) in [7, 11) is 0. The molecule has 0 heterocycles. The fraction of sp³-hybridized carbons (Fsp3) is 0. The molecule has 0 bridgehead atoms. The van der Waals surface area contributed by atoms with E-state index in [1.165, 1.54) is 142 Å². The molecule has 0 aliphatic rings. The van der Waals surface area contributed by atoms with Crippen LogP contribution in [0.4, 0.5) is 0 Å². The topological polar surface area (TPSA) is 0 Å². The van der Waals surface area contributed by atoms with E-state index in [0.717, 1.165) is 0 Å². The molecule has 0 unspecified atom stereocenters. The van der Waals surface area contributed by atoms with Crippen molar-refractivity contribution in [3.05, 3.63) is 267 Å². The molecular formula is C70H44. The lowest BCUT2D eigenvalue weighted by molar-refractivity contribution is 1.64. The van der Waals surface area contributed by atoms with Crippen LogP contribution in [0.3, 0.4) is 0 Å². The number of fused-ring (bicyclic) bond motifs is 7. The van der Waals surface area contributed by atoms with Gasteiger partial charge in [-0.15, -0.1) is 0 Å². The standard InChI is InChI=1S/C70H44/c1-3-17-45(18-4-1)47-33-35-51-43-53(39-37-49(51)41-47)67-59-21-7-11-25-63(59)69(64-26-12-8-22-60(64)67)57-31-15-30-56-55(57)29-16-32-58(56)70-65-27-13-9-23-61(65)68(62-24-10-14-28-66(62)70)54-40-38-50-42-48(34-36-52(50)44-54)46-19-5-2-6-20-46/h1-44H. The van der Waals surface area contributed by atoms with Crippen molar-refractivity contribution >= 4 is 75.4 Å². The van der Waals surface area contributed by atoms with Gasteiger partial charge in [-0.1, -0.05) is 243 Å². The predicted molar refractivity (Wildman–Crippen MR) is 302 cm³/mol. The smallest absolute Gasteiger partial charge is 0.00201 e. The van der Waals surface area contributed by atoms with Gasteiger partial charge >= 0.3 is 0 Å². The lowest BCUT2D eigenvalue weighted by Gasteiger charge is -2.21. The molecule has 0 aromatic heterocycles. The Kier molecular flexibility index (Phi) is 9.32. The molecule has 14 rings (SSSR count). The highest BCUT2D eigenvalue weighted by Crippen LogP contribution is 2.49. The first-order valence-corrected chi connectivity index (χ1v) is 24.3. The maximum Gasteiger partial charge on any atom is -0.00201 e. The van der Waals surface area contributed by atoms with Crippen molar-refractivity contribution in [2.75, 3.05) is 0 Å². The molecule has 0 aliphatic carbocycles.